The molecule has 0 heterocycles. The number of carbonyl (C=O) groups is 5. The van der Waals surface area contributed by atoms with Gasteiger partial charge in [0, 0.05) is 33.4 Å². The fourth-order valence-corrected chi connectivity index (χ4v) is 9.35. The van der Waals surface area contributed by atoms with Crippen LogP contribution < -0.4 is 11.5 Å². The molecule has 0 aliphatic rings. The topological polar surface area (TPSA) is 243 Å². The Kier molecular flexibility index (Phi) is 54.8. The first-order valence-electron chi connectivity index (χ1n) is 34.6. The van der Waals surface area contributed by atoms with E-state index in [2.05, 4.69) is 27.6 Å². The van der Waals surface area contributed by atoms with Crippen LogP contribution in [0.15, 0.2) is 197 Å². The number of benzene rings is 6. The molecule has 0 amide bonds. The molecule has 23 heteroatoms. The second kappa shape index (κ2) is 57.8. The monoisotopic (exact) mass is 1610 g/mol. The molecule has 0 radical (unpaired) electrons. The predicted octanol–water partition coefficient (Wildman–Crippen LogP) is 18.7. The van der Waals surface area contributed by atoms with Crippen LogP contribution in [0.3, 0.4) is 0 Å². The zero-order valence-corrected chi connectivity index (χ0v) is 65.5. The second-order valence-electron chi connectivity index (χ2n) is 26.2. The van der Waals surface area contributed by atoms with E-state index < -0.39 is 79.6 Å². The molecule has 0 aliphatic carbocycles. The number of hydrogen-bond acceptors (Lipinski definition) is 13. The van der Waals surface area contributed by atoms with Crippen molar-refractivity contribution < 1.29 is 70.3 Å². The average molecular weight is 1610 g/mol. The van der Waals surface area contributed by atoms with Crippen LogP contribution in [0.1, 0.15) is 186 Å². The van der Waals surface area contributed by atoms with E-state index in [0.717, 1.165) is 67.8 Å². The molecule has 0 aromatic heterocycles. The Morgan fingerprint density at radius 2 is 0.606 bits per heavy atom. The lowest BCUT2D eigenvalue weighted by Gasteiger charge is -2.23. The van der Waals surface area contributed by atoms with E-state index in [1.165, 1.54) is 0 Å². The van der Waals surface area contributed by atoms with Gasteiger partial charge in [-0.15, -0.1) is 24.8 Å². The maximum Gasteiger partial charge on any atom is 0.331 e. The first-order chi connectivity index (χ1) is 48.5. The summed E-state index contributed by atoms with van der Waals surface area (Å²) in [4.78, 5) is 71.6. The van der Waals surface area contributed by atoms with Gasteiger partial charge in [-0.05, 0) is 157 Å². The Bertz CT molecular complexity index is 3030. The highest BCUT2D eigenvalue weighted by Crippen LogP contribution is 2.22. The molecule has 0 bridgehead atoms. The normalized spacial score (nSPS) is 11.7. The van der Waals surface area contributed by atoms with Crippen LogP contribution >= 0.6 is 47.4 Å². The van der Waals surface area contributed by atoms with Crippen molar-refractivity contribution in [2.75, 3.05) is 44.3 Å². The molecule has 6 aromatic carbocycles. The lowest BCUT2D eigenvalue weighted by Crippen LogP contribution is -2.31. The van der Waals surface area contributed by atoms with Crippen molar-refractivity contribution in [3.05, 3.63) is 215 Å². The van der Waals surface area contributed by atoms with Gasteiger partial charge in [0.2, 0.25) is 0 Å². The van der Waals surface area contributed by atoms with Gasteiger partial charge in [0.05, 0.1) is 50.5 Å². The van der Waals surface area contributed by atoms with Crippen molar-refractivity contribution in [1.82, 2.24) is 0 Å². The molecular formula is C81H111Cl2F5IN5O10. The largest absolute Gasteiger partial charge is 0.480 e. The lowest BCUT2D eigenvalue weighted by molar-refractivity contribution is -0.157. The third kappa shape index (κ3) is 47.8. The molecule has 576 valence electrons. The van der Waals surface area contributed by atoms with Crippen molar-refractivity contribution in [3.8, 4) is 0 Å². The molecule has 0 saturated carbocycles. The van der Waals surface area contributed by atoms with Gasteiger partial charge < -0.3 is 35.9 Å². The highest BCUT2D eigenvalue weighted by molar-refractivity contribution is 14.1. The Hall–Kier alpha value is -7.44. The maximum absolute atomic E-state index is 12.7. The van der Waals surface area contributed by atoms with Gasteiger partial charge in [0.25, 0.3) is 0 Å². The number of nitrogens with zero attached hydrogens (tertiary/aromatic N) is 3. The minimum atomic E-state index is -1.01. The molecule has 0 unspecified atom stereocenters. The number of carboxylic acids is 2. The van der Waals surface area contributed by atoms with E-state index >= 15 is 0 Å². The van der Waals surface area contributed by atoms with Gasteiger partial charge in [0.15, 0.2) is 0 Å². The summed E-state index contributed by atoms with van der Waals surface area (Å²) in [5, 5.41) is 16.5. The van der Waals surface area contributed by atoms with Crippen molar-refractivity contribution in [2.45, 2.75) is 193 Å². The van der Waals surface area contributed by atoms with Crippen LogP contribution in [-0.2, 0) is 38.2 Å². The minimum Gasteiger partial charge on any atom is -0.480 e. The summed E-state index contributed by atoms with van der Waals surface area (Å²) in [6.07, 6.45) is 7.31. The maximum atomic E-state index is 12.7. The number of alkyl halides is 6. The van der Waals surface area contributed by atoms with Crippen molar-refractivity contribution in [2.24, 2.45) is 26.4 Å². The van der Waals surface area contributed by atoms with Gasteiger partial charge >= 0.3 is 29.8 Å². The summed E-state index contributed by atoms with van der Waals surface area (Å²) >= 11 is 2.24. The molecule has 6 aromatic rings. The third-order valence-electron chi connectivity index (χ3n) is 13.7. The molecular weight excluding hydrogens is 1500 g/mol. The van der Waals surface area contributed by atoms with Crippen LogP contribution in [0, 0.1) is 0 Å². The van der Waals surface area contributed by atoms with Crippen molar-refractivity contribution >= 4 is 94.4 Å². The summed E-state index contributed by atoms with van der Waals surface area (Å²) in [6.45, 7) is 14.8. The van der Waals surface area contributed by atoms with E-state index in [-0.39, 0.29) is 55.9 Å². The van der Waals surface area contributed by atoms with Crippen LogP contribution in [0.25, 0.3) is 0 Å². The second-order valence-corrected chi connectivity index (χ2v) is 27.3. The number of ether oxygens (including phenoxy) is 3. The molecule has 0 fully saturated rings. The van der Waals surface area contributed by atoms with Crippen LogP contribution in [-0.4, -0.2) is 143 Å². The van der Waals surface area contributed by atoms with E-state index in [4.69, 9.17) is 45.9 Å². The summed E-state index contributed by atoms with van der Waals surface area (Å²) < 4.78 is 76.7. The smallest absolute Gasteiger partial charge is 0.331 e. The number of carboxylic acid groups (broad SMARTS) is 2. The SMILES string of the molecule is CC(C)(C)OC(=O)CN=C(c1ccccc1)c1ccccc1.CC(C)(C)OC(=O)[C@H](CCCCF)N=C(c1ccccc1)c1ccccc1.CC(C)(C)OC(=O)[C@H](CCCCF)N=C(c1ccccc1)c1ccccc1.Cl.Cl.FCCCCI.N[C@@H](CCCCF)C(=O)O.N[C@H](CCCCF)C(=O)O. The summed E-state index contributed by atoms with van der Waals surface area (Å²) in [6, 6.07) is 55.8. The standard InChI is InChI=1S/2C23H28FNO2.C19H21NO2.2C6H12FNO2.C4H8FI.2ClH/c2*1-23(2,3)27-22(26)20(16-10-11-17-24)25-21(18-12-6-4-7-13-18)19-14-8-5-9-15-19;1-19(2,3)22-17(21)14-20-18(15-10-6-4-7-11-15)16-12-8-5-9-13-16;2*7-4-2-1-3-5(8)6(9)10;5-3-1-2-4-6;;/h2*4-9,12-15,20H,10-11,16-17H2,1-3H3;4-13H,14H2,1-3H3;2*5H,1-4,8H2,(H,9,10);1-4H2;2*1H/t2*20-;;2*5-;;;/m00.10.../s1. The van der Waals surface area contributed by atoms with Crippen molar-refractivity contribution in [1.29, 1.82) is 0 Å². The van der Waals surface area contributed by atoms with Crippen molar-refractivity contribution in [3.63, 3.8) is 0 Å². The fourth-order valence-electron chi connectivity index (χ4n) is 8.81. The lowest BCUT2D eigenvalue weighted by atomic mass is 10.0. The molecule has 0 saturated heterocycles. The minimum absolute atomic E-state index is 0. The Morgan fingerprint density at radius 1 is 0.375 bits per heavy atom. The fraction of sp³-hybridized carbons (Fsp3) is 0.457. The summed E-state index contributed by atoms with van der Waals surface area (Å²) in [5.74, 6) is -3.09. The van der Waals surface area contributed by atoms with E-state index in [0.29, 0.717) is 77.0 Å². The molecule has 0 spiro atoms. The average Bonchev–Trinajstić information content (AvgIpc) is 0.839. The van der Waals surface area contributed by atoms with Gasteiger partial charge in [-0.25, -0.2) is 9.59 Å². The number of unbranched alkanes of at least 4 members (excludes halogenated alkanes) is 5. The van der Waals surface area contributed by atoms with Gasteiger partial charge in [-0.2, -0.15) is 0 Å². The number of hydrogen-bond donors (Lipinski definition) is 4. The number of carbonyl (C=O) groups excluding carboxylic acids is 3. The third-order valence-corrected chi connectivity index (χ3v) is 14.4. The highest BCUT2D eigenvalue weighted by atomic mass is 127. The van der Waals surface area contributed by atoms with Crippen LogP contribution in [0.2, 0.25) is 0 Å². The number of esters is 3. The van der Waals surface area contributed by atoms with E-state index in [9.17, 15) is 45.9 Å². The number of aliphatic imine (C=N–C) groups is 3. The number of halogens is 8. The quantitative estimate of drug-likeness (QED) is 0.00572. The van der Waals surface area contributed by atoms with Gasteiger partial charge in [0.1, 0.15) is 47.5 Å². The van der Waals surface area contributed by atoms with E-state index in [1.807, 2.05) is 244 Å². The Morgan fingerprint density at radius 3 is 0.817 bits per heavy atom. The Labute approximate surface area is 640 Å². The highest BCUT2D eigenvalue weighted by Gasteiger charge is 2.28. The first-order valence-corrected chi connectivity index (χ1v) is 36.1. The molecule has 6 N–H and O–H groups in total. The van der Waals surface area contributed by atoms with Crippen LogP contribution in [0.4, 0.5) is 22.0 Å². The number of aliphatic carboxylic acids is 2. The molecule has 0 aliphatic heterocycles. The van der Waals surface area contributed by atoms with Gasteiger partial charge in [-0.3, -0.25) is 51.3 Å². The zero-order chi connectivity index (χ0) is 76.2. The predicted molar refractivity (Wildman–Crippen MR) is 425 cm³/mol. The first kappa shape index (κ1) is 98.6. The number of nitrogens with two attached hydrogens (primary N) is 2. The Balaban J connectivity index is 0. The molecule has 104 heavy (non-hydrogen) atoms. The van der Waals surface area contributed by atoms with E-state index in [1.54, 1.807) is 0 Å². The number of rotatable bonds is 33. The van der Waals surface area contributed by atoms with Gasteiger partial charge in [-0.1, -0.05) is 205 Å². The van der Waals surface area contributed by atoms with Crippen LogP contribution in [0.5, 0.6) is 0 Å². The molecule has 6 rings (SSSR count). The molecule has 15 nitrogen and oxygen atoms in total. The zero-order valence-electron chi connectivity index (χ0n) is 61.7. The summed E-state index contributed by atoms with van der Waals surface area (Å²) in [5.41, 5.74) is 16.6. The summed E-state index contributed by atoms with van der Waals surface area (Å²) in [7, 11) is 0. The molecule has 4 atom stereocenters.